The summed E-state index contributed by atoms with van der Waals surface area (Å²) in [7, 11) is 0. The first-order valence-electron chi connectivity index (χ1n) is 2.02. The number of halogens is 3. The van der Waals surface area contributed by atoms with E-state index in [0.717, 1.165) is 6.08 Å². The van der Waals surface area contributed by atoms with Crippen LogP contribution in [0.1, 0.15) is 0 Å². The van der Waals surface area contributed by atoms with E-state index in [-0.39, 0.29) is 5.17 Å². The summed E-state index contributed by atoms with van der Waals surface area (Å²) in [5.41, 5.74) is 2.03. The van der Waals surface area contributed by atoms with E-state index in [1.54, 1.807) is 0 Å². The number of nitrogens with one attached hydrogen (secondary N) is 1. The van der Waals surface area contributed by atoms with Crippen LogP contribution in [-0.4, -0.2) is 9.81 Å². The van der Waals surface area contributed by atoms with E-state index < -0.39 is 5.95 Å². The molecular formula is C3H2Cl2FN3. The summed E-state index contributed by atoms with van der Waals surface area (Å²) >= 11 is 10.4. The molecule has 1 heterocycles. The molecule has 0 aromatic carbocycles. The second-order valence-electron chi connectivity index (χ2n) is 1.29. The average molecular weight is 170 g/mol. The van der Waals surface area contributed by atoms with Gasteiger partial charge in [-0.25, -0.2) is 5.43 Å². The van der Waals surface area contributed by atoms with Crippen molar-refractivity contribution in [1.29, 1.82) is 0 Å². The molecule has 0 saturated heterocycles. The van der Waals surface area contributed by atoms with Gasteiger partial charge in [-0.15, -0.1) is 9.74 Å². The Morgan fingerprint density at radius 2 is 2.44 bits per heavy atom. The van der Waals surface area contributed by atoms with Gasteiger partial charge in [0.25, 0.3) is 0 Å². The first-order valence-corrected chi connectivity index (χ1v) is 2.74. The number of hydrazine groups is 1. The van der Waals surface area contributed by atoms with E-state index in [1.165, 1.54) is 0 Å². The van der Waals surface area contributed by atoms with Crippen LogP contribution >= 0.6 is 23.4 Å². The van der Waals surface area contributed by atoms with Crippen molar-refractivity contribution in [3.05, 3.63) is 12.0 Å². The normalized spacial score (nSPS) is 18.3. The zero-order chi connectivity index (χ0) is 6.85. The minimum absolute atomic E-state index is 0.00116. The highest BCUT2D eigenvalue weighted by molar-refractivity contribution is 6.68. The van der Waals surface area contributed by atoms with Crippen molar-refractivity contribution in [3.8, 4) is 0 Å². The summed E-state index contributed by atoms with van der Waals surface area (Å²) in [5, 5.41) is 3.39. The van der Waals surface area contributed by atoms with Crippen LogP contribution in [0.5, 0.6) is 0 Å². The first-order chi connectivity index (χ1) is 4.18. The van der Waals surface area contributed by atoms with E-state index in [1.807, 2.05) is 5.43 Å². The average Bonchev–Trinajstić information content (AvgIpc) is 1.59. The maximum absolute atomic E-state index is 12.1. The van der Waals surface area contributed by atoms with Gasteiger partial charge in [0.15, 0.2) is 5.17 Å². The molecule has 1 N–H and O–H groups in total. The quantitative estimate of drug-likeness (QED) is 0.438. The predicted octanol–water partition coefficient (Wildman–Crippen LogP) is 1.32. The molecule has 1 aliphatic heterocycles. The molecule has 6 heteroatoms. The van der Waals surface area contributed by atoms with Crippen LogP contribution in [0, 0.1) is 0 Å². The van der Waals surface area contributed by atoms with Gasteiger partial charge in [0.2, 0.25) is 5.95 Å². The van der Waals surface area contributed by atoms with E-state index in [2.05, 4.69) is 5.10 Å². The molecule has 0 amide bonds. The van der Waals surface area contributed by atoms with E-state index in [4.69, 9.17) is 23.4 Å². The highest BCUT2D eigenvalue weighted by Gasteiger charge is 2.07. The third kappa shape index (κ3) is 1.73. The van der Waals surface area contributed by atoms with Crippen LogP contribution in [0.2, 0.25) is 0 Å². The molecule has 0 radical (unpaired) electrons. The summed E-state index contributed by atoms with van der Waals surface area (Å²) in [6.45, 7) is 0. The number of hydrazone groups is 1. The monoisotopic (exact) mass is 169 g/mol. The molecule has 3 nitrogen and oxygen atoms in total. The molecule has 1 aliphatic rings. The molecule has 9 heavy (non-hydrogen) atoms. The van der Waals surface area contributed by atoms with Crippen LogP contribution in [0.25, 0.3) is 0 Å². The second-order valence-corrected chi connectivity index (χ2v) is 1.99. The lowest BCUT2D eigenvalue weighted by atomic mass is 10.6. The molecule has 0 atom stereocenters. The van der Waals surface area contributed by atoms with Gasteiger partial charge in [-0.05, 0) is 0 Å². The molecule has 0 spiro atoms. The number of allylic oxidation sites excluding steroid dienone is 1. The number of nitrogens with zero attached hydrogens (tertiary/aromatic N) is 2. The smallest absolute Gasteiger partial charge is 0.211 e. The van der Waals surface area contributed by atoms with Crippen molar-refractivity contribution in [2.45, 2.75) is 0 Å². The molecule has 0 aromatic heterocycles. The number of hydrogen-bond acceptors (Lipinski definition) is 3. The zero-order valence-corrected chi connectivity index (χ0v) is 5.62. The molecule has 0 aromatic rings. The third-order valence-electron chi connectivity index (χ3n) is 0.628. The van der Waals surface area contributed by atoms with Crippen LogP contribution < -0.4 is 5.43 Å². The fourth-order valence-electron chi connectivity index (χ4n) is 0.363. The van der Waals surface area contributed by atoms with Crippen molar-refractivity contribution in [3.63, 3.8) is 0 Å². The van der Waals surface area contributed by atoms with Crippen LogP contribution in [0.4, 0.5) is 4.39 Å². The summed E-state index contributed by atoms with van der Waals surface area (Å²) in [5.74, 6) is -0.634. The minimum atomic E-state index is -0.634. The van der Waals surface area contributed by atoms with Gasteiger partial charge < -0.3 is 0 Å². The van der Waals surface area contributed by atoms with Crippen molar-refractivity contribution >= 4 is 28.5 Å². The van der Waals surface area contributed by atoms with Crippen molar-refractivity contribution < 1.29 is 4.39 Å². The Morgan fingerprint density at radius 3 is 2.89 bits per heavy atom. The maximum Gasteiger partial charge on any atom is 0.211 e. The van der Waals surface area contributed by atoms with Gasteiger partial charge >= 0.3 is 0 Å². The SMILES string of the molecule is FC1=CC(Cl)=NN(Cl)N1. The lowest BCUT2D eigenvalue weighted by Gasteiger charge is -2.13. The van der Waals surface area contributed by atoms with Gasteiger partial charge in [0.1, 0.15) is 0 Å². The predicted molar refractivity (Wildman–Crippen MR) is 33.3 cm³/mol. The van der Waals surface area contributed by atoms with Gasteiger partial charge in [0, 0.05) is 6.08 Å². The first kappa shape index (κ1) is 6.64. The highest BCUT2D eigenvalue weighted by Crippen LogP contribution is 2.06. The minimum Gasteiger partial charge on any atom is -0.241 e. The molecule has 0 fully saturated rings. The Bertz CT molecular complexity index is 178. The molecule has 0 saturated carbocycles. The lowest BCUT2D eigenvalue weighted by molar-refractivity contribution is 0.336. The fourth-order valence-corrected chi connectivity index (χ4v) is 0.735. The summed E-state index contributed by atoms with van der Waals surface area (Å²) in [6.07, 6.45) is 1.01. The van der Waals surface area contributed by atoms with Crippen LogP contribution in [0.15, 0.2) is 17.1 Å². The van der Waals surface area contributed by atoms with Crippen molar-refractivity contribution in [2.24, 2.45) is 5.10 Å². The summed E-state index contributed by atoms with van der Waals surface area (Å²) in [4.78, 5) is 0. The fraction of sp³-hybridized carbons (Fsp3) is 0. The largest absolute Gasteiger partial charge is 0.241 e. The van der Waals surface area contributed by atoms with E-state index in [9.17, 15) is 4.39 Å². The Morgan fingerprint density at radius 1 is 1.78 bits per heavy atom. The van der Waals surface area contributed by atoms with Gasteiger partial charge in [0.05, 0.1) is 11.8 Å². The Kier molecular flexibility index (Phi) is 1.78. The van der Waals surface area contributed by atoms with E-state index >= 15 is 0 Å². The Labute approximate surface area is 60.8 Å². The molecule has 0 unspecified atom stereocenters. The van der Waals surface area contributed by atoms with Crippen LogP contribution in [-0.2, 0) is 0 Å². The third-order valence-corrected chi connectivity index (χ3v) is 0.973. The molecule has 50 valence electrons. The molecule has 1 rings (SSSR count). The van der Waals surface area contributed by atoms with Gasteiger partial charge in [-0.1, -0.05) is 11.6 Å². The summed E-state index contributed by atoms with van der Waals surface area (Å²) in [6, 6.07) is 0. The highest BCUT2D eigenvalue weighted by atomic mass is 35.5. The molecule has 0 aliphatic carbocycles. The molecule has 0 bridgehead atoms. The van der Waals surface area contributed by atoms with E-state index in [0.29, 0.717) is 4.64 Å². The number of hydrogen-bond donors (Lipinski definition) is 1. The zero-order valence-electron chi connectivity index (χ0n) is 4.11. The van der Waals surface area contributed by atoms with Gasteiger partial charge in [-0.2, -0.15) is 4.39 Å². The standard InChI is InChI=1S/C3H2Cl2FN3/c4-2-1-3(6)8-9(5)7-2/h1,8H. The number of rotatable bonds is 0. The van der Waals surface area contributed by atoms with Gasteiger partial charge in [-0.3, -0.25) is 0 Å². The Hall–Kier alpha value is -0.480. The topological polar surface area (TPSA) is 27.6 Å². The van der Waals surface area contributed by atoms with Crippen LogP contribution in [0.3, 0.4) is 0 Å². The van der Waals surface area contributed by atoms with Crippen molar-refractivity contribution in [1.82, 2.24) is 10.1 Å². The second kappa shape index (κ2) is 2.41. The maximum atomic E-state index is 12.1. The summed E-state index contributed by atoms with van der Waals surface area (Å²) < 4.78 is 12.8. The molecular weight excluding hydrogens is 168 g/mol. The Balaban J connectivity index is 2.74. The lowest BCUT2D eigenvalue weighted by Crippen LogP contribution is -2.26. The van der Waals surface area contributed by atoms with Crippen molar-refractivity contribution in [2.75, 3.05) is 0 Å².